The second-order valence-electron chi connectivity index (χ2n) is 3.85. The van der Waals surface area contributed by atoms with Crippen LogP contribution in [0.15, 0.2) is 40.9 Å². The first kappa shape index (κ1) is 13.4. The van der Waals surface area contributed by atoms with E-state index < -0.39 is 11.7 Å². The average Bonchev–Trinajstić information content (AvgIpc) is 2.35. The summed E-state index contributed by atoms with van der Waals surface area (Å²) in [5.41, 5.74) is 5.96. The maximum Gasteiger partial charge on any atom is 0.257 e. The minimum absolute atomic E-state index is 0.0379. The zero-order valence-corrected chi connectivity index (χ0v) is 11.2. The van der Waals surface area contributed by atoms with Gasteiger partial charge in [0.1, 0.15) is 11.6 Å². The van der Waals surface area contributed by atoms with Crippen molar-refractivity contribution < 1.29 is 14.3 Å². The Hall–Kier alpha value is -2.08. The zero-order valence-electron chi connectivity index (χ0n) is 9.65. The van der Waals surface area contributed by atoms with Gasteiger partial charge in [0, 0.05) is 10.2 Å². The molecule has 0 unspecified atom stereocenters. The first-order chi connectivity index (χ1) is 8.97. The quantitative estimate of drug-likeness (QED) is 0.586. The Morgan fingerprint density at radius 3 is 2.68 bits per heavy atom. The number of nitrogen functional groups attached to an aromatic ring is 1. The summed E-state index contributed by atoms with van der Waals surface area (Å²) in [4.78, 5) is 11.9. The molecule has 0 spiro atoms. The molecule has 0 aliphatic heterocycles. The van der Waals surface area contributed by atoms with E-state index in [-0.39, 0.29) is 22.7 Å². The number of rotatable bonds is 2. The van der Waals surface area contributed by atoms with Crippen LogP contribution in [-0.2, 0) is 0 Å². The van der Waals surface area contributed by atoms with E-state index in [1.54, 1.807) is 6.07 Å². The van der Waals surface area contributed by atoms with Crippen molar-refractivity contribution >= 4 is 33.2 Å². The maximum atomic E-state index is 13.6. The highest BCUT2D eigenvalue weighted by Gasteiger charge is 2.13. The Morgan fingerprint density at radius 2 is 2.00 bits per heavy atom. The van der Waals surface area contributed by atoms with Gasteiger partial charge in [-0.25, -0.2) is 4.39 Å². The molecule has 19 heavy (non-hydrogen) atoms. The number of phenols is 1. The first-order valence-corrected chi connectivity index (χ1v) is 6.11. The van der Waals surface area contributed by atoms with Crippen molar-refractivity contribution in [2.75, 3.05) is 11.1 Å². The van der Waals surface area contributed by atoms with Crippen LogP contribution in [0.3, 0.4) is 0 Å². The summed E-state index contributed by atoms with van der Waals surface area (Å²) in [6.07, 6.45) is 0. The van der Waals surface area contributed by atoms with Crippen LogP contribution in [0.4, 0.5) is 15.8 Å². The molecule has 2 rings (SSSR count). The van der Waals surface area contributed by atoms with E-state index in [1.807, 2.05) is 0 Å². The molecule has 4 N–H and O–H groups in total. The van der Waals surface area contributed by atoms with Crippen molar-refractivity contribution in [2.45, 2.75) is 0 Å². The summed E-state index contributed by atoms with van der Waals surface area (Å²) >= 11 is 3.12. The smallest absolute Gasteiger partial charge is 0.257 e. The third kappa shape index (κ3) is 3.03. The number of anilines is 2. The summed E-state index contributed by atoms with van der Waals surface area (Å²) < 4.78 is 14.2. The highest BCUT2D eigenvalue weighted by atomic mass is 79.9. The second kappa shape index (κ2) is 5.27. The summed E-state index contributed by atoms with van der Waals surface area (Å²) in [5.74, 6) is -1.24. The van der Waals surface area contributed by atoms with Gasteiger partial charge in [0.2, 0.25) is 0 Å². The number of hydrogen-bond donors (Lipinski definition) is 3. The van der Waals surface area contributed by atoms with Gasteiger partial charge in [-0.15, -0.1) is 0 Å². The van der Waals surface area contributed by atoms with Gasteiger partial charge in [-0.1, -0.05) is 15.9 Å². The summed E-state index contributed by atoms with van der Waals surface area (Å²) in [6.45, 7) is 0. The molecule has 0 saturated heterocycles. The Morgan fingerprint density at radius 1 is 1.26 bits per heavy atom. The molecule has 2 aromatic carbocycles. The number of benzene rings is 2. The van der Waals surface area contributed by atoms with Gasteiger partial charge in [-0.05, 0) is 36.4 Å². The molecule has 0 bridgehead atoms. The molecular formula is C13H10BrFN2O2. The monoisotopic (exact) mass is 324 g/mol. The Kier molecular flexibility index (Phi) is 3.71. The molecule has 0 atom stereocenters. The van der Waals surface area contributed by atoms with E-state index in [4.69, 9.17) is 5.73 Å². The van der Waals surface area contributed by atoms with Crippen LogP contribution in [0.2, 0.25) is 0 Å². The normalized spacial score (nSPS) is 10.2. The van der Waals surface area contributed by atoms with Crippen LogP contribution in [0, 0.1) is 5.82 Å². The molecule has 0 aromatic heterocycles. The predicted molar refractivity (Wildman–Crippen MR) is 74.6 cm³/mol. The lowest BCUT2D eigenvalue weighted by atomic mass is 10.1. The van der Waals surface area contributed by atoms with Crippen LogP contribution in [0.25, 0.3) is 0 Å². The number of carbonyl (C=O) groups excluding carboxylic acids is 1. The van der Waals surface area contributed by atoms with E-state index in [1.165, 1.54) is 30.3 Å². The number of halogens is 2. The number of carbonyl (C=O) groups is 1. The molecule has 0 aliphatic carbocycles. The Bertz CT molecular complexity index is 647. The topological polar surface area (TPSA) is 75.3 Å². The lowest BCUT2D eigenvalue weighted by Gasteiger charge is -2.09. The largest absolute Gasteiger partial charge is 0.508 e. The minimum Gasteiger partial charge on any atom is -0.508 e. The van der Waals surface area contributed by atoms with Gasteiger partial charge in [0.15, 0.2) is 0 Å². The molecule has 6 heteroatoms. The number of amides is 1. The lowest BCUT2D eigenvalue weighted by Crippen LogP contribution is -2.14. The number of aromatic hydroxyl groups is 1. The number of nitrogens with one attached hydrogen (secondary N) is 1. The van der Waals surface area contributed by atoms with E-state index in [9.17, 15) is 14.3 Å². The van der Waals surface area contributed by atoms with Gasteiger partial charge < -0.3 is 16.2 Å². The maximum absolute atomic E-state index is 13.6. The van der Waals surface area contributed by atoms with E-state index in [0.29, 0.717) is 4.47 Å². The first-order valence-electron chi connectivity index (χ1n) is 5.32. The standard InChI is InChI=1S/C13H10BrFN2O2/c14-7-1-4-12(10(15)5-7)17-13(19)9-6-8(18)2-3-11(9)16/h1-6,18H,16H2,(H,17,19). The van der Waals surface area contributed by atoms with Crippen molar-refractivity contribution in [3.05, 3.63) is 52.3 Å². The molecule has 0 heterocycles. The van der Waals surface area contributed by atoms with Crippen LogP contribution in [0.1, 0.15) is 10.4 Å². The summed E-state index contributed by atoms with van der Waals surface area (Å²) in [7, 11) is 0. The molecule has 1 amide bonds. The van der Waals surface area contributed by atoms with Crippen molar-refractivity contribution in [2.24, 2.45) is 0 Å². The molecule has 98 valence electrons. The SMILES string of the molecule is Nc1ccc(O)cc1C(=O)Nc1ccc(Br)cc1F. The highest BCUT2D eigenvalue weighted by Crippen LogP contribution is 2.23. The Labute approximate surface area is 117 Å². The molecule has 0 radical (unpaired) electrons. The fraction of sp³-hybridized carbons (Fsp3) is 0. The van der Waals surface area contributed by atoms with Crippen molar-refractivity contribution in [1.82, 2.24) is 0 Å². The van der Waals surface area contributed by atoms with Crippen LogP contribution in [-0.4, -0.2) is 11.0 Å². The van der Waals surface area contributed by atoms with Crippen LogP contribution >= 0.6 is 15.9 Å². The predicted octanol–water partition coefficient (Wildman–Crippen LogP) is 3.13. The van der Waals surface area contributed by atoms with E-state index >= 15 is 0 Å². The van der Waals surface area contributed by atoms with Crippen molar-refractivity contribution in [3.8, 4) is 5.75 Å². The number of hydrogen-bond acceptors (Lipinski definition) is 3. The fourth-order valence-electron chi connectivity index (χ4n) is 1.52. The van der Waals surface area contributed by atoms with Gasteiger partial charge in [-0.2, -0.15) is 0 Å². The molecule has 2 aromatic rings. The second-order valence-corrected chi connectivity index (χ2v) is 4.77. The van der Waals surface area contributed by atoms with E-state index in [2.05, 4.69) is 21.2 Å². The van der Waals surface area contributed by atoms with Crippen molar-refractivity contribution in [1.29, 1.82) is 0 Å². The van der Waals surface area contributed by atoms with Gasteiger partial charge in [0.05, 0.1) is 11.3 Å². The third-order valence-corrected chi connectivity index (χ3v) is 2.95. The minimum atomic E-state index is -0.588. The zero-order chi connectivity index (χ0) is 14.0. The molecular weight excluding hydrogens is 315 g/mol. The molecule has 0 fully saturated rings. The van der Waals surface area contributed by atoms with Gasteiger partial charge >= 0.3 is 0 Å². The average molecular weight is 325 g/mol. The summed E-state index contributed by atoms with van der Waals surface area (Å²) in [6, 6.07) is 8.26. The third-order valence-electron chi connectivity index (χ3n) is 2.46. The number of phenolic OH excluding ortho intramolecular Hbond substituents is 1. The van der Waals surface area contributed by atoms with Crippen LogP contribution in [0.5, 0.6) is 5.75 Å². The fourth-order valence-corrected chi connectivity index (χ4v) is 1.85. The number of nitrogens with two attached hydrogens (primary N) is 1. The van der Waals surface area contributed by atoms with E-state index in [0.717, 1.165) is 0 Å². The molecule has 4 nitrogen and oxygen atoms in total. The van der Waals surface area contributed by atoms with Gasteiger partial charge in [0.25, 0.3) is 5.91 Å². The lowest BCUT2D eigenvalue weighted by molar-refractivity contribution is 0.102. The van der Waals surface area contributed by atoms with Gasteiger partial charge in [-0.3, -0.25) is 4.79 Å². The molecule has 0 saturated carbocycles. The molecule has 0 aliphatic rings. The summed E-state index contributed by atoms with van der Waals surface area (Å²) in [5, 5.41) is 11.7. The van der Waals surface area contributed by atoms with Crippen molar-refractivity contribution in [3.63, 3.8) is 0 Å². The highest BCUT2D eigenvalue weighted by molar-refractivity contribution is 9.10. The van der Waals surface area contributed by atoms with Crippen LogP contribution < -0.4 is 11.1 Å². The Balaban J connectivity index is 2.28.